The zero-order valence-corrected chi connectivity index (χ0v) is 9.15. The first-order chi connectivity index (χ1) is 7.70. The molecule has 4 heteroatoms. The molecule has 0 aliphatic rings. The number of aryl methyl sites for hydroxylation is 1. The molecule has 0 spiro atoms. The summed E-state index contributed by atoms with van der Waals surface area (Å²) in [4.78, 5) is 4.23. The molecule has 16 heavy (non-hydrogen) atoms. The highest BCUT2D eigenvalue weighted by atomic mass is 19.1. The molecule has 0 fully saturated rings. The number of hydrogen-bond donors (Lipinski definition) is 1. The lowest BCUT2D eigenvalue weighted by molar-refractivity contribution is 0.609. The zero-order valence-electron chi connectivity index (χ0n) is 9.15. The Morgan fingerprint density at radius 2 is 2.25 bits per heavy atom. The highest BCUT2D eigenvalue weighted by Crippen LogP contribution is 2.13. The summed E-state index contributed by atoms with van der Waals surface area (Å²) in [7, 11) is 1.94. The van der Waals surface area contributed by atoms with Crippen molar-refractivity contribution in [1.82, 2.24) is 9.55 Å². The van der Waals surface area contributed by atoms with Crippen LogP contribution in [0.4, 0.5) is 4.39 Å². The van der Waals surface area contributed by atoms with Gasteiger partial charge in [-0.05, 0) is 11.6 Å². The van der Waals surface area contributed by atoms with E-state index in [0.717, 1.165) is 11.4 Å². The first kappa shape index (κ1) is 10.8. The summed E-state index contributed by atoms with van der Waals surface area (Å²) in [6.45, 7) is 0.222. The van der Waals surface area contributed by atoms with Crippen LogP contribution in [0.15, 0.2) is 30.6 Å². The molecule has 2 rings (SSSR count). The summed E-state index contributed by atoms with van der Waals surface area (Å²) < 4.78 is 15.2. The maximum absolute atomic E-state index is 13.2. The van der Waals surface area contributed by atoms with Gasteiger partial charge in [-0.25, -0.2) is 9.37 Å². The van der Waals surface area contributed by atoms with Gasteiger partial charge in [0.05, 0.1) is 0 Å². The summed E-state index contributed by atoms with van der Waals surface area (Å²) in [5.41, 5.74) is 7.03. The van der Waals surface area contributed by atoms with Crippen molar-refractivity contribution in [3.63, 3.8) is 0 Å². The summed E-state index contributed by atoms with van der Waals surface area (Å²) in [5.74, 6) is 0.709. The lowest BCUT2D eigenvalue weighted by Crippen LogP contribution is -2.03. The second kappa shape index (κ2) is 4.45. The van der Waals surface area contributed by atoms with Crippen LogP contribution in [0.25, 0.3) is 0 Å². The number of benzene rings is 1. The van der Waals surface area contributed by atoms with E-state index < -0.39 is 0 Å². The van der Waals surface area contributed by atoms with Gasteiger partial charge < -0.3 is 10.3 Å². The minimum atomic E-state index is -0.244. The van der Waals surface area contributed by atoms with Crippen molar-refractivity contribution in [2.24, 2.45) is 12.8 Å². The first-order valence-electron chi connectivity index (χ1n) is 5.14. The van der Waals surface area contributed by atoms with E-state index in [4.69, 9.17) is 5.73 Å². The van der Waals surface area contributed by atoms with Crippen LogP contribution in [0, 0.1) is 5.82 Å². The van der Waals surface area contributed by atoms with Crippen LogP contribution in [0.5, 0.6) is 0 Å². The SMILES string of the molecule is Cn1ccnc1Cc1ccc(F)c(CN)c1. The van der Waals surface area contributed by atoms with Crippen molar-refractivity contribution in [3.8, 4) is 0 Å². The highest BCUT2D eigenvalue weighted by molar-refractivity contribution is 5.27. The van der Waals surface area contributed by atoms with Gasteiger partial charge in [0.2, 0.25) is 0 Å². The molecular formula is C12H14FN3. The molecule has 0 amide bonds. The predicted octanol–water partition coefficient (Wildman–Crippen LogP) is 1.61. The monoisotopic (exact) mass is 219 g/mol. The maximum atomic E-state index is 13.2. The second-order valence-corrected chi connectivity index (χ2v) is 3.76. The summed E-state index contributed by atoms with van der Waals surface area (Å²) in [6, 6.07) is 5.02. The molecule has 0 bridgehead atoms. The average molecular weight is 219 g/mol. The van der Waals surface area contributed by atoms with E-state index in [1.54, 1.807) is 18.3 Å². The fourth-order valence-corrected chi connectivity index (χ4v) is 1.64. The number of nitrogens with two attached hydrogens (primary N) is 1. The molecule has 2 N–H and O–H groups in total. The van der Waals surface area contributed by atoms with Gasteiger partial charge in [0.15, 0.2) is 0 Å². The van der Waals surface area contributed by atoms with Crippen LogP contribution in [-0.4, -0.2) is 9.55 Å². The van der Waals surface area contributed by atoms with Gasteiger partial charge in [-0.15, -0.1) is 0 Å². The Labute approximate surface area is 93.7 Å². The third kappa shape index (κ3) is 2.12. The van der Waals surface area contributed by atoms with Crippen molar-refractivity contribution in [2.75, 3.05) is 0 Å². The molecule has 0 unspecified atom stereocenters. The van der Waals surface area contributed by atoms with E-state index in [-0.39, 0.29) is 12.4 Å². The van der Waals surface area contributed by atoms with Crippen molar-refractivity contribution < 1.29 is 4.39 Å². The summed E-state index contributed by atoms with van der Waals surface area (Å²) in [6.07, 6.45) is 4.34. The van der Waals surface area contributed by atoms with E-state index in [2.05, 4.69) is 4.98 Å². The number of imidazole rings is 1. The largest absolute Gasteiger partial charge is 0.338 e. The Balaban J connectivity index is 2.25. The Hall–Kier alpha value is -1.68. The molecule has 1 heterocycles. The van der Waals surface area contributed by atoms with Gasteiger partial charge in [0.1, 0.15) is 11.6 Å². The maximum Gasteiger partial charge on any atom is 0.127 e. The van der Waals surface area contributed by atoms with E-state index in [1.807, 2.05) is 17.8 Å². The van der Waals surface area contributed by atoms with Gasteiger partial charge in [0.25, 0.3) is 0 Å². The molecule has 0 aliphatic heterocycles. The molecule has 3 nitrogen and oxygen atoms in total. The highest BCUT2D eigenvalue weighted by Gasteiger charge is 2.05. The topological polar surface area (TPSA) is 43.8 Å². The van der Waals surface area contributed by atoms with Crippen LogP contribution in [0.2, 0.25) is 0 Å². The van der Waals surface area contributed by atoms with Crippen LogP contribution in [-0.2, 0) is 20.0 Å². The number of rotatable bonds is 3. The number of hydrogen-bond acceptors (Lipinski definition) is 2. The smallest absolute Gasteiger partial charge is 0.127 e. The Morgan fingerprint density at radius 1 is 1.44 bits per heavy atom. The fraction of sp³-hybridized carbons (Fsp3) is 0.250. The summed E-state index contributed by atoms with van der Waals surface area (Å²) >= 11 is 0. The normalized spacial score (nSPS) is 10.7. The van der Waals surface area contributed by atoms with Gasteiger partial charge in [-0.1, -0.05) is 12.1 Å². The quantitative estimate of drug-likeness (QED) is 0.852. The molecule has 2 aromatic rings. The van der Waals surface area contributed by atoms with Crippen LogP contribution in [0.3, 0.4) is 0 Å². The van der Waals surface area contributed by atoms with Crippen LogP contribution in [0.1, 0.15) is 17.0 Å². The zero-order chi connectivity index (χ0) is 11.5. The molecule has 84 valence electrons. The lowest BCUT2D eigenvalue weighted by Gasteiger charge is -2.05. The molecule has 0 atom stereocenters. The van der Waals surface area contributed by atoms with E-state index in [9.17, 15) is 4.39 Å². The standard InChI is InChI=1S/C12H14FN3/c1-16-5-4-15-12(16)7-9-2-3-11(13)10(6-9)8-14/h2-6H,7-8,14H2,1H3. The minimum Gasteiger partial charge on any atom is -0.338 e. The number of nitrogens with zero attached hydrogens (tertiary/aromatic N) is 2. The Morgan fingerprint density at radius 3 is 2.88 bits per heavy atom. The van der Waals surface area contributed by atoms with Gasteiger partial charge in [-0.2, -0.15) is 0 Å². The third-order valence-electron chi connectivity index (χ3n) is 2.61. The third-order valence-corrected chi connectivity index (χ3v) is 2.61. The molecule has 0 saturated carbocycles. The molecule has 0 aliphatic carbocycles. The van der Waals surface area contributed by atoms with Crippen LogP contribution >= 0.6 is 0 Å². The van der Waals surface area contributed by atoms with Crippen molar-refractivity contribution >= 4 is 0 Å². The van der Waals surface area contributed by atoms with Gasteiger partial charge >= 0.3 is 0 Å². The van der Waals surface area contributed by atoms with Gasteiger partial charge in [-0.3, -0.25) is 0 Å². The van der Waals surface area contributed by atoms with Crippen molar-refractivity contribution in [3.05, 3.63) is 53.4 Å². The fourth-order valence-electron chi connectivity index (χ4n) is 1.64. The second-order valence-electron chi connectivity index (χ2n) is 3.76. The number of halogens is 1. The van der Waals surface area contributed by atoms with Crippen molar-refractivity contribution in [2.45, 2.75) is 13.0 Å². The van der Waals surface area contributed by atoms with E-state index in [1.165, 1.54) is 6.07 Å². The molecular weight excluding hydrogens is 205 g/mol. The number of aromatic nitrogens is 2. The predicted molar refractivity (Wildman–Crippen MR) is 60.3 cm³/mol. The average Bonchev–Trinajstić information content (AvgIpc) is 2.67. The van der Waals surface area contributed by atoms with Crippen LogP contribution < -0.4 is 5.73 Å². The molecule has 1 aromatic heterocycles. The summed E-state index contributed by atoms with van der Waals surface area (Å²) in [5, 5.41) is 0. The molecule has 1 aromatic carbocycles. The first-order valence-corrected chi connectivity index (χ1v) is 5.14. The van der Waals surface area contributed by atoms with Crippen molar-refractivity contribution in [1.29, 1.82) is 0 Å². The van der Waals surface area contributed by atoms with E-state index in [0.29, 0.717) is 12.0 Å². The van der Waals surface area contributed by atoms with Gasteiger partial charge in [0, 0.05) is 38.0 Å². The molecule has 0 saturated heterocycles. The Kier molecular flexibility index (Phi) is 3.01. The minimum absolute atomic E-state index is 0.222. The lowest BCUT2D eigenvalue weighted by atomic mass is 10.1. The Bertz CT molecular complexity index is 491. The molecule has 0 radical (unpaired) electrons. The van der Waals surface area contributed by atoms with E-state index >= 15 is 0 Å².